The second-order valence-corrected chi connectivity index (χ2v) is 5.18. The predicted octanol–water partition coefficient (Wildman–Crippen LogP) is -1.14. The molecule has 5 N–H and O–H groups in total. The number of halogens is 2. The summed E-state index contributed by atoms with van der Waals surface area (Å²) < 4.78 is 20.7. The van der Waals surface area contributed by atoms with E-state index in [0.29, 0.717) is 0 Å². The Morgan fingerprint density at radius 1 is 1.67 bits per heavy atom. The molecule has 1 fully saturated rings. The van der Waals surface area contributed by atoms with Crippen molar-refractivity contribution < 1.29 is 19.3 Å². The SMILES string of the molecule is Nc1nc2c(ncn2[C@@H]2O[C@H](CO)[C@@H](O)[C@]2(F)Cl)c(=O)[nH]1. The van der Waals surface area contributed by atoms with Gasteiger partial charge in [-0.15, -0.1) is 0 Å². The highest BCUT2D eigenvalue weighted by Gasteiger charge is 2.57. The maximum Gasteiger partial charge on any atom is 0.280 e. The van der Waals surface area contributed by atoms with Gasteiger partial charge in [0.15, 0.2) is 17.4 Å². The molecule has 0 aliphatic carbocycles. The van der Waals surface area contributed by atoms with E-state index < -0.39 is 35.7 Å². The molecular formula is C10H11ClFN5O4. The number of nitrogen functional groups attached to an aromatic ring is 1. The van der Waals surface area contributed by atoms with E-state index in [1.807, 2.05) is 0 Å². The van der Waals surface area contributed by atoms with Crippen molar-refractivity contribution in [3.05, 3.63) is 16.7 Å². The van der Waals surface area contributed by atoms with E-state index in [2.05, 4.69) is 15.0 Å². The minimum Gasteiger partial charge on any atom is -0.394 e. The lowest BCUT2D eigenvalue weighted by Gasteiger charge is -2.22. The number of aromatic nitrogens is 4. The summed E-state index contributed by atoms with van der Waals surface area (Å²) in [7, 11) is 0. The van der Waals surface area contributed by atoms with Gasteiger partial charge in [-0.3, -0.25) is 14.3 Å². The maximum absolute atomic E-state index is 14.5. The Morgan fingerprint density at radius 3 is 3.00 bits per heavy atom. The van der Waals surface area contributed by atoms with Crippen molar-refractivity contribution in [1.82, 2.24) is 19.5 Å². The lowest BCUT2D eigenvalue weighted by molar-refractivity contribution is -0.0482. The van der Waals surface area contributed by atoms with Crippen LogP contribution in [0.5, 0.6) is 0 Å². The number of hydrogen-bond acceptors (Lipinski definition) is 7. The van der Waals surface area contributed by atoms with E-state index >= 15 is 0 Å². The van der Waals surface area contributed by atoms with Crippen molar-refractivity contribution in [3.63, 3.8) is 0 Å². The van der Waals surface area contributed by atoms with E-state index in [9.17, 15) is 14.3 Å². The third-order valence-corrected chi connectivity index (χ3v) is 3.67. The van der Waals surface area contributed by atoms with Crippen LogP contribution >= 0.6 is 11.6 Å². The standard InChI is InChI=1S/C10H11ClFN5O4/c11-10(12)5(19)3(1-18)21-8(10)17-2-14-4-6(17)15-9(13)16-7(4)20/h2-3,5,8,18-19H,1H2,(H3,13,15,16,20)/t3-,5-,8-,10-/m1/s1. The molecule has 3 heterocycles. The first-order valence-electron chi connectivity index (χ1n) is 5.90. The molecule has 3 rings (SSSR count). The lowest BCUT2D eigenvalue weighted by atomic mass is 10.1. The van der Waals surface area contributed by atoms with E-state index in [4.69, 9.17) is 27.2 Å². The van der Waals surface area contributed by atoms with Crippen molar-refractivity contribution in [3.8, 4) is 0 Å². The molecule has 0 spiro atoms. The second kappa shape index (κ2) is 4.63. The molecule has 0 unspecified atom stereocenters. The normalized spacial score (nSPS) is 32.9. The molecule has 1 saturated heterocycles. The van der Waals surface area contributed by atoms with Gasteiger partial charge in [-0.2, -0.15) is 4.98 Å². The molecule has 9 nitrogen and oxygen atoms in total. The van der Waals surface area contributed by atoms with E-state index in [-0.39, 0.29) is 17.1 Å². The van der Waals surface area contributed by atoms with E-state index in [1.54, 1.807) is 0 Å². The number of rotatable bonds is 2. The summed E-state index contributed by atoms with van der Waals surface area (Å²) in [6.07, 6.45) is -3.40. The number of imidazole rings is 1. The third kappa shape index (κ3) is 1.99. The number of anilines is 1. The first-order chi connectivity index (χ1) is 9.86. The number of H-pyrrole nitrogens is 1. The number of fused-ring (bicyclic) bond motifs is 1. The molecule has 1 aliphatic heterocycles. The zero-order valence-electron chi connectivity index (χ0n) is 10.4. The second-order valence-electron chi connectivity index (χ2n) is 4.60. The molecule has 21 heavy (non-hydrogen) atoms. The molecule has 0 aromatic carbocycles. The lowest BCUT2D eigenvalue weighted by Crippen LogP contribution is -2.38. The fourth-order valence-electron chi connectivity index (χ4n) is 2.23. The van der Waals surface area contributed by atoms with Gasteiger partial charge in [0.25, 0.3) is 10.7 Å². The molecule has 0 bridgehead atoms. The summed E-state index contributed by atoms with van der Waals surface area (Å²) in [5.74, 6) is -0.189. The van der Waals surface area contributed by atoms with Crippen LogP contribution in [0.4, 0.5) is 10.3 Å². The average Bonchev–Trinajstić information content (AvgIpc) is 2.91. The largest absolute Gasteiger partial charge is 0.394 e. The monoisotopic (exact) mass is 319 g/mol. The summed E-state index contributed by atoms with van der Waals surface area (Å²) in [5, 5.41) is 16.1. The molecule has 114 valence electrons. The van der Waals surface area contributed by atoms with Crippen LogP contribution in [0.25, 0.3) is 11.2 Å². The summed E-state index contributed by atoms with van der Waals surface area (Å²) in [5.41, 5.74) is 4.70. The van der Waals surface area contributed by atoms with E-state index in [0.717, 1.165) is 10.9 Å². The number of nitrogens with one attached hydrogen (secondary N) is 1. The molecular weight excluding hydrogens is 309 g/mol. The number of alkyl halides is 2. The number of nitrogens with two attached hydrogens (primary N) is 1. The van der Waals surface area contributed by atoms with Crippen molar-refractivity contribution in [2.24, 2.45) is 0 Å². The quantitative estimate of drug-likeness (QED) is 0.513. The molecule has 0 amide bonds. The van der Waals surface area contributed by atoms with Crippen LogP contribution in [0.3, 0.4) is 0 Å². The highest BCUT2D eigenvalue weighted by Crippen LogP contribution is 2.45. The van der Waals surface area contributed by atoms with Crippen molar-refractivity contribution >= 4 is 28.7 Å². The molecule has 4 atom stereocenters. The molecule has 11 heteroatoms. The van der Waals surface area contributed by atoms with Gasteiger partial charge in [0, 0.05) is 0 Å². The highest BCUT2D eigenvalue weighted by molar-refractivity contribution is 6.23. The summed E-state index contributed by atoms with van der Waals surface area (Å²) >= 11 is 5.68. The van der Waals surface area contributed by atoms with Gasteiger partial charge in [0.2, 0.25) is 5.95 Å². The Bertz CT molecular complexity index is 747. The first kappa shape index (κ1) is 14.2. The smallest absolute Gasteiger partial charge is 0.280 e. The number of aliphatic hydroxyl groups excluding tert-OH is 2. The zero-order chi connectivity index (χ0) is 15.4. The van der Waals surface area contributed by atoms with Crippen LogP contribution in [0.2, 0.25) is 0 Å². The number of aromatic amines is 1. The van der Waals surface area contributed by atoms with Crippen molar-refractivity contribution in [1.29, 1.82) is 0 Å². The molecule has 2 aromatic rings. The van der Waals surface area contributed by atoms with Gasteiger partial charge >= 0.3 is 0 Å². The van der Waals surface area contributed by atoms with Crippen molar-refractivity contribution in [2.75, 3.05) is 12.3 Å². The maximum atomic E-state index is 14.5. The summed E-state index contributed by atoms with van der Waals surface area (Å²) in [6, 6.07) is 0. The number of nitrogens with zero attached hydrogens (tertiary/aromatic N) is 3. The number of ether oxygens (including phenoxy) is 1. The van der Waals surface area contributed by atoms with Crippen LogP contribution in [-0.2, 0) is 4.74 Å². The molecule has 0 saturated carbocycles. The minimum absolute atomic E-state index is 0.0466. The number of aliphatic hydroxyl groups is 2. The first-order valence-corrected chi connectivity index (χ1v) is 6.28. The Kier molecular flexibility index (Phi) is 3.13. The fourth-order valence-corrected chi connectivity index (χ4v) is 2.53. The third-order valence-electron chi connectivity index (χ3n) is 3.26. The fraction of sp³-hybridized carbons (Fsp3) is 0.500. The van der Waals surface area contributed by atoms with Crippen LogP contribution in [0.1, 0.15) is 6.23 Å². The Morgan fingerprint density at radius 2 is 2.38 bits per heavy atom. The zero-order valence-corrected chi connectivity index (χ0v) is 11.2. The number of hydrogen-bond donors (Lipinski definition) is 4. The average molecular weight is 320 g/mol. The van der Waals surface area contributed by atoms with Gasteiger partial charge in [-0.25, -0.2) is 9.37 Å². The summed E-state index contributed by atoms with van der Waals surface area (Å²) in [6.45, 7) is -0.626. The Labute approximate surface area is 121 Å². The van der Waals surface area contributed by atoms with Crippen molar-refractivity contribution in [2.45, 2.75) is 23.6 Å². The van der Waals surface area contributed by atoms with Crippen LogP contribution in [0, 0.1) is 0 Å². The Balaban J connectivity index is 2.15. The van der Waals surface area contributed by atoms with Gasteiger partial charge < -0.3 is 20.7 Å². The van der Waals surface area contributed by atoms with Gasteiger partial charge in [0.1, 0.15) is 12.2 Å². The van der Waals surface area contributed by atoms with Crippen LogP contribution < -0.4 is 11.3 Å². The Hall–Kier alpha value is -1.75. The van der Waals surface area contributed by atoms with Crippen LogP contribution in [-0.4, -0.2) is 53.7 Å². The molecule has 1 aliphatic rings. The summed E-state index contributed by atoms with van der Waals surface area (Å²) in [4.78, 5) is 21.6. The highest BCUT2D eigenvalue weighted by atomic mass is 35.5. The molecule has 2 aromatic heterocycles. The van der Waals surface area contributed by atoms with Gasteiger partial charge in [0.05, 0.1) is 12.9 Å². The van der Waals surface area contributed by atoms with E-state index in [1.165, 1.54) is 0 Å². The van der Waals surface area contributed by atoms with Gasteiger partial charge in [-0.05, 0) is 0 Å². The topological polar surface area (TPSA) is 139 Å². The molecule has 0 radical (unpaired) electrons. The van der Waals surface area contributed by atoms with Gasteiger partial charge in [-0.1, -0.05) is 11.6 Å². The minimum atomic E-state index is -2.72. The predicted molar refractivity (Wildman–Crippen MR) is 69.3 cm³/mol. The van der Waals surface area contributed by atoms with Crippen LogP contribution in [0.15, 0.2) is 11.1 Å².